The average Bonchev–Trinajstić information content (AvgIpc) is 2.74. The molecule has 1 N–H and O–H groups in total. The Balaban J connectivity index is 1.66. The molecular formula is C20H21ClN4O3. The summed E-state index contributed by atoms with van der Waals surface area (Å²) >= 11 is 6.16. The summed E-state index contributed by atoms with van der Waals surface area (Å²) in [5.74, 6) is 0.942. The number of methoxy groups -OCH3 is 2. The maximum Gasteiger partial charge on any atom is 0.322 e. The van der Waals surface area contributed by atoms with E-state index in [-0.39, 0.29) is 6.03 Å². The van der Waals surface area contributed by atoms with Crippen LogP contribution in [0.15, 0.2) is 36.4 Å². The van der Waals surface area contributed by atoms with Gasteiger partial charge in [-0.15, -0.1) is 0 Å². The molecule has 1 heterocycles. The van der Waals surface area contributed by atoms with Crippen LogP contribution in [0, 0.1) is 11.3 Å². The number of piperazine rings is 1. The van der Waals surface area contributed by atoms with E-state index < -0.39 is 0 Å². The van der Waals surface area contributed by atoms with Crippen molar-refractivity contribution in [1.29, 1.82) is 5.26 Å². The molecule has 28 heavy (non-hydrogen) atoms. The Kier molecular flexibility index (Phi) is 6.12. The lowest BCUT2D eigenvalue weighted by Crippen LogP contribution is -2.50. The number of carbonyl (C=O) groups excluding carboxylic acids is 1. The van der Waals surface area contributed by atoms with Gasteiger partial charge < -0.3 is 24.6 Å². The van der Waals surface area contributed by atoms with Crippen molar-refractivity contribution in [3.05, 3.63) is 47.0 Å². The first-order valence-corrected chi connectivity index (χ1v) is 9.16. The molecule has 2 aromatic rings. The molecule has 0 bridgehead atoms. The maximum atomic E-state index is 12.7. The van der Waals surface area contributed by atoms with Gasteiger partial charge in [0, 0.05) is 32.2 Å². The van der Waals surface area contributed by atoms with Gasteiger partial charge in [-0.05, 0) is 18.2 Å². The molecule has 2 aromatic carbocycles. The molecule has 7 nitrogen and oxygen atoms in total. The van der Waals surface area contributed by atoms with Crippen LogP contribution >= 0.6 is 11.6 Å². The van der Waals surface area contributed by atoms with Crippen molar-refractivity contribution in [2.75, 3.05) is 50.6 Å². The van der Waals surface area contributed by atoms with Crippen molar-refractivity contribution in [2.45, 2.75) is 0 Å². The number of nitriles is 1. The highest BCUT2D eigenvalue weighted by Crippen LogP contribution is 2.36. The predicted octanol–water partition coefficient (Wildman–Crippen LogP) is 3.58. The summed E-state index contributed by atoms with van der Waals surface area (Å²) in [7, 11) is 3.03. The van der Waals surface area contributed by atoms with Crippen molar-refractivity contribution in [2.24, 2.45) is 0 Å². The Bertz CT molecular complexity index is 905. The van der Waals surface area contributed by atoms with Crippen molar-refractivity contribution in [3.63, 3.8) is 0 Å². The molecule has 0 atom stereocenters. The minimum atomic E-state index is -0.229. The number of benzene rings is 2. The van der Waals surface area contributed by atoms with E-state index in [4.69, 9.17) is 21.1 Å². The van der Waals surface area contributed by atoms with Crippen LogP contribution in [-0.4, -0.2) is 51.3 Å². The van der Waals surface area contributed by atoms with E-state index in [1.54, 1.807) is 23.1 Å². The van der Waals surface area contributed by atoms with Crippen LogP contribution in [-0.2, 0) is 0 Å². The van der Waals surface area contributed by atoms with E-state index in [0.717, 1.165) is 5.69 Å². The van der Waals surface area contributed by atoms with Gasteiger partial charge >= 0.3 is 6.03 Å². The maximum absolute atomic E-state index is 12.7. The molecule has 1 saturated heterocycles. The summed E-state index contributed by atoms with van der Waals surface area (Å²) in [6.07, 6.45) is 0. The van der Waals surface area contributed by atoms with E-state index in [1.165, 1.54) is 14.2 Å². The number of hydrogen-bond donors (Lipinski definition) is 1. The summed E-state index contributed by atoms with van der Waals surface area (Å²) in [6, 6.07) is 12.7. The predicted molar refractivity (Wildman–Crippen MR) is 109 cm³/mol. The van der Waals surface area contributed by atoms with Crippen molar-refractivity contribution < 1.29 is 14.3 Å². The number of rotatable bonds is 4. The molecule has 1 aliphatic rings. The summed E-state index contributed by atoms with van der Waals surface area (Å²) in [6.45, 7) is 2.37. The topological polar surface area (TPSA) is 77.8 Å². The Labute approximate surface area is 169 Å². The molecule has 0 aromatic heterocycles. The number of nitrogens with zero attached hydrogens (tertiary/aromatic N) is 3. The van der Waals surface area contributed by atoms with Crippen molar-refractivity contribution in [3.8, 4) is 17.6 Å². The first-order chi connectivity index (χ1) is 13.6. The lowest BCUT2D eigenvalue weighted by Gasteiger charge is -2.36. The van der Waals surface area contributed by atoms with Gasteiger partial charge in [-0.25, -0.2) is 4.79 Å². The quantitative estimate of drug-likeness (QED) is 0.848. The minimum Gasteiger partial charge on any atom is -0.495 e. The Hall–Kier alpha value is -3.11. The molecule has 1 aliphatic heterocycles. The van der Waals surface area contributed by atoms with Crippen molar-refractivity contribution in [1.82, 2.24) is 4.90 Å². The molecule has 146 valence electrons. The lowest BCUT2D eigenvalue weighted by molar-refractivity contribution is 0.208. The summed E-state index contributed by atoms with van der Waals surface area (Å²) in [4.78, 5) is 16.5. The Morgan fingerprint density at radius 3 is 2.43 bits per heavy atom. The van der Waals surface area contributed by atoms with Gasteiger partial charge in [0.05, 0.1) is 36.2 Å². The molecule has 0 saturated carbocycles. The fourth-order valence-electron chi connectivity index (χ4n) is 3.15. The summed E-state index contributed by atoms with van der Waals surface area (Å²) < 4.78 is 10.5. The third-order valence-electron chi connectivity index (χ3n) is 4.65. The second kappa shape index (κ2) is 8.72. The molecule has 1 fully saturated rings. The first kappa shape index (κ1) is 19.6. The van der Waals surface area contributed by atoms with Gasteiger partial charge in [-0.3, -0.25) is 0 Å². The highest BCUT2D eigenvalue weighted by molar-refractivity contribution is 6.32. The second-order valence-corrected chi connectivity index (χ2v) is 6.63. The number of amides is 2. The standard InChI is InChI=1S/C20H21ClN4O3/c1-27-18-12-19(28-2)16(11-15(18)21)23-20(26)25-9-7-24(8-10-25)17-6-4-3-5-14(17)13-22/h3-6,11-12H,7-10H2,1-2H3,(H,23,26). The van der Waals surface area contributed by atoms with E-state index in [1.807, 2.05) is 18.2 Å². The third kappa shape index (κ3) is 4.07. The van der Waals surface area contributed by atoms with E-state index in [9.17, 15) is 10.1 Å². The number of para-hydroxylation sites is 1. The van der Waals surface area contributed by atoms with Crippen LogP contribution in [0.4, 0.5) is 16.2 Å². The highest BCUT2D eigenvalue weighted by Gasteiger charge is 2.23. The lowest BCUT2D eigenvalue weighted by atomic mass is 10.1. The summed E-state index contributed by atoms with van der Waals surface area (Å²) in [5, 5.41) is 12.5. The molecule has 0 spiro atoms. The molecule has 3 rings (SSSR count). The third-order valence-corrected chi connectivity index (χ3v) is 4.94. The van der Waals surface area contributed by atoms with Crippen LogP contribution in [0.1, 0.15) is 5.56 Å². The van der Waals surface area contributed by atoms with Crippen LogP contribution < -0.4 is 19.7 Å². The largest absolute Gasteiger partial charge is 0.495 e. The second-order valence-electron chi connectivity index (χ2n) is 6.22. The van der Waals surface area contributed by atoms with Crippen LogP contribution in [0.25, 0.3) is 0 Å². The molecule has 0 unspecified atom stereocenters. The number of ether oxygens (including phenoxy) is 2. The first-order valence-electron chi connectivity index (χ1n) is 8.79. The Morgan fingerprint density at radius 1 is 1.11 bits per heavy atom. The molecular weight excluding hydrogens is 380 g/mol. The molecule has 0 radical (unpaired) electrons. The number of anilines is 2. The fraction of sp³-hybridized carbons (Fsp3) is 0.300. The number of halogens is 1. The number of carbonyl (C=O) groups is 1. The number of nitrogens with one attached hydrogen (secondary N) is 1. The van der Waals surface area contributed by atoms with E-state index >= 15 is 0 Å². The zero-order valence-electron chi connectivity index (χ0n) is 15.7. The highest BCUT2D eigenvalue weighted by atomic mass is 35.5. The molecule has 0 aliphatic carbocycles. The van der Waals surface area contributed by atoms with Gasteiger partial charge in [0.15, 0.2) is 0 Å². The van der Waals surface area contributed by atoms with Gasteiger partial charge in [-0.1, -0.05) is 23.7 Å². The van der Waals surface area contributed by atoms with Gasteiger partial charge in [0.1, 0.15) is 17.6 Å². The van der Waals surface area contributed by atoms with Crippen LogP contribution in [0.3, 0.4) is 0 Å². The van der Waals surface area contributed by atoms with Crippen LogP contribution in [0.5, 0.6) is 11.5 Å². The zero-order valence-corrected chi connectivity index (χ0v) is 16.5. The zero-order chi connectivity index (χ0) is 20.1. The monoisotopic (exact) mass is 400 g/mol. The Morgan fingerprint density at radius 2 is 1.79 bits per heavy atom. The van der Waals surface area contributed by atoms with Gasteiger partial charge in [0.2, 0.25) is 0 Å². The minimum absolute atomic E-state index is 0.229. The normalized spacial score (nSPS) is 13.6. The number of hydrogen-bond acceptors (Lipinski definition) is 5. The fourth-order valence-corrected chi connectivity index (χ4v) is 3.39. The number of urea groups is 1. The SMILES string of the molecule is COc1cc(OC)c(NC(=O)N2CCN(c3ccccc3C#N)CC2)cc1Cl. The van der Waals surface area contributed by atoms with E-state index in [0.29, 0.717) is 54.0 Å². The molecule has 8 heteroatoms. The van der Waals surface area contributed by atoms with E-state index in [2.05, 4.69) is 16.3 Å². The smallest absolute Gasteiger partial charge is 0.322 e. The average molecular weight is 401 g/mol. The molecule has 2 amide bonds. The van der Waals surface area contributed by atoms with Gasteiger partial charge in [0.25, 0.3) is 0 Å². The van der Waals surface area contributed by atoms with Crippen molar-refractivity contribution >= 4 is 29.0 Å². The van der Waals surface area contributed by atoms with Crippen LogP contribution in [0.2, 0.25) is 5.02 Å². The van der Waals surface area contributed by atoms with Gasteiger partial charge in [-0.2, -0.15) is 5.26 Å². The summed E-state index contributed by atoms with van der Waals surface area (Å²) in [5.41, 5.74) is 2.02.